The largest absolute Gasteiger partial charge is 0.507 e. The van der Waals surface area contributed by atoms with Crippen molar-refractivity contribution < 1.29 is 10.2 Å². The predicted molar refractivity (Wildman–Crippen MR) is 80.6 cm³/mol. The molecule has 0 saturated carbocycles. The van der Waals surface area contributed by atoms with Crippen LogP contribution in [-0.2, 0) is 0 Å². The number of hydrogen-bond acceptors (Lipinski definition) is 4. The average molecular weight is 268 g/mol. The fraction of sp³-hybridized carbons (Fsp3) is 0.125. The van der Waals surface area contributed by atoms with Gasteiger partial charge >= 0.3 is 0 Å². The van der Waals surface area contributed by atoms with E-state index in [1.54, 1.807) is 50.2 Å². The number of nitrogens with zero attached hydrogens (tertiary/aromatic N) is 2. The Balaban J connectivity index is 2.30. The Labute approximate surface area is 117 Å². The van der Waals surface area contributed by atoms with Crippen molar-refractivity contribution in [1.82, 2.24) is 0 Å². The number of rotatable bonds is 3. The van der Waals surface area contributed by atoms with Crippen molar-refractivity contribution >= 4 is 11.4 Å². The molecule has 0 spiro atoms. The van der Waals surface area contributed by atoms with Crippen LogP contribution in [-0.4, -0.2) is 21.6 Å². The normalized spacial score (nSPS) is 12.5. The van der Waals surface area contributed by atoms with Crippen LogP contribution in [0.3, 0.4) is 0 Å². The van der Waals surface area contributed by atoms with Crippen LogP contribution in [0.1, 0.15) is 25.0 Å². The quantitative estimate of drug-likeness (QED) is 0.662. The van der Waals surface area contributed by atoms with E-state index in [0.29, 0.717) is 22.6 Å². The van der Waals surface area contributed by atoms with Gasteiger partial charge in [0, 0.05) is 11.1 Å². The third kappa shape index (κ3) is 3.03. The van der Waals surface area contributed by atoms with E-state index in [-0.39, 0.29) is 11.5 Å². The first-order valence-corrected chi connectivity index (χ1v) is 6.25. The maximum absolute atomic E-state index is 9.74. The van der Waals surface area contributed by atoms with Crippen molar-refractivity contribution in [2.24, 2.45) is 10.2 Å². The van der Waals surface area contributed by atoms with Gasteiger partial charge in [0.2, 0.25) is 0 Å². The van der Waals surface area contributed by atoms with Gasteiger partial charge in [-0.2, -0.15) is 10.2 Å². The maximum atomic E-state index is 9.74. The molecule has 0 heterocycles. The van der Waals surface area contributed by atoms with Crippen LogP contribution in [0.2, 0.25) is 0 Å². The fourth-order valence-corrected chi connectivity index (χ4v) is 1.82. The van der Waals surface area contributed by atoms with Crippen LogP contribution in [0.5, 0.6) is 11.5 Å². The molecule has 2 aromatic carbocycles. The van der Waals surface area contributed by atoms with E-state index in [1.165, 1.54) is 0 Å². The van der Waals surface area contributed by atoms with Crippen LogP contribution in [0.15, 0.2) is 58.7 Å². The number of para-hydroxylation sites is 2. The topological polar surface area (TPSA) is 65.2 Å². The molecule has 0 aromatic heterocycles. The number of benzene rings is 2. The molecule has 0 radical (unpaired) electrons. The smallest absolute Gasteiger partial charge is 0.124 e. The summed E-state index contributed by atoms with van der Waals surface area (Å²) in [7, 11) is 0. The Bertz CT molecular complexity index is 616. The molecule has 0 unspecified atom stereocenters. The van der Waals surface area contributed by atoms with E-state index < -0.39 is 0 Å². The number of hydrogen-bond donors (Lipinski definition) is 2. The molecule has 20 heavy (non-hydrogen) atoms. The first-order chi connectivity index (χ1) is 9.59. The lowest BCUT2D eigenvalue weighted by atomic mass is 10.1. The third-order valence-corrected chi connectivity index (χ3v) is 2.94. The maximum Gasteiger partial charge on any atom is 0.124 e. The van der Waals surface area contributed by atoms with Crippen LogP contribution in [0, 0.1) is 0 Å². The minimum Gasteiger partial charge on any atom is -0.507 e. The Morgan fingerprint density at radius 1 is 0.700 bits per heavy atom. The SMILES string of the molecule is C/C(=N/N=C(/C)c1ccccc1O)c1ccccc1O. The van der Waals surface area contributed by atoms with Crippen molar-refractivity contribution in [3.8, 4) is 11.5 Å². The summed E-state index contributed by atoms with van der Waals surface area (Å²) >= 11 is 0. The third-order valence-electron chi connectivity index (χ3n) is 2.94. The minimum atomic E-state index is 0.171. The Morgan fingerprint density at radius 2 is 1.05 bits per heavy atom. The van der Waals surface area contributed by atoms with Crippen LogP contribution >= 0.6 is 0 Å². The number of aromatic hydroxyl groups is 2. The van der Waals surface area contributed by atoms with E-state index in [2.05, 4.69) is 10.2 Å². The Hall–Kier alpha value is -2.62. The lowest BCUT2D eigenvalue weighted by Crippen LogP contribution is -1.97. The number of phenols is 2. The van der Waals surface area contributed by atoms with Gasteiger partial charge in [-0.05, 0) is 38.1 Å². The summed E-state index contributed by atoms with van der Waals surface area (Å²) in [5.41, 5.74) is 2.50. The van der Waals surface area contributed by atoms with E-state index in [9.17, 15) is 10.2 Å². The molecule has 0 bridgehead atoms. The molecule has 0 atom stereocenters. The van der Waals surface area contributed by atoms with Gasteiger partial charge in [0.15, 0.2) is 0 Å². The molecular weight excluding hydrogens is 252 g/mol. The molecule has 0 fully saturated rings. The zero-order valence-corrected chi connectivity index (χ0v) is 11.4. The van der Waals surface area contributed by atoms with Gasteiger partial charge in [0.1, 0.15) is 11.5 Å². The van der Waals surface area contributed by atoms with Gasteiger partial charge in [-0.1, -0.05) is 24.3 Å². The second-order valence-electron chi connectivity index (χ2n) is 4.41. The lowest BCUT2D eigenvalue weighted by molar-refractivity contribution is 0.473. The second kappa shape index (κ2) is 6.02. The van der Waals surface area contributed by atoms with Gasteiger partial charge in [-0.15, -0.1) is 0 Å². The van der Waals surface area contributed by atoms with E-state index in [4.69, 9.17) is 0 Å². The molecule has 0 aliphatic rings. The molecule has 2 rings (SSSR count). The molecule has 0 aliphatic carbocycles. The van der Waals surface area contributed by atoms with E-state index >= 15 is 0 Å². The summed E-state index contributed by atoms with van der Waals surface area (Å²) in [6.07, 6.45) is 0. The van der Waals surface area contributed by atoms with Crippen LogP contribution < -0.4 is 0 Å². The van der Waals surface area contributed by atoms with Gasteiger partial charge in [-0.3, -0.25) is 0 Å². The summed E-state index contributed by atoms with van der Waals surface area (Å²) in [6, 6.07) is 13.9. The van der Waals surface area contributed by atoms with Crippen molar-refractivity contribution in [1.29, 1.82) is 0 Å². The van der Waals surface area contributed by atoms with Crippen molar-refractivity contribution in [2.45, 2.75) is 13.8 Å². The lowest BCUT2D eigenvalue weighted by Gasteiger charge is -2.03. The van der Waals surface area contributed by atoms with Crippen LogP contribution in [0.25, 0.3) is 0 Å². The van der Waals surface area contributed by atoms with Crippen molar-refractivity contribution in [3.63, 3.8) is 0 Å². The highest BCUT2D eigenvalue weighted by atomic mass is 16.3. The molecule has 4 heteroatoms. The Morgan fingerprint density at radius 3 is 1.40 bits per heavy atom. The van der Waals surface area contributed by atoms with Gasteiger partial charge < -0.3 is 10.2 Å². The first-order valence-electron chi connectivity index (χ1n) is 6.25. The van der Waals surface area contributed by atoms with E-state index in [0.717, 1.165) is 0 Å². The summed E-state index contributed by atoms with van der Waals surface area (Å²) in [5, 5.41) is 27.7. The molecular formula is C16H16N2O2. The van der Waals surface area contributed by atoms with Crippen molar-refractivity contribution in [3.05, 3.63) is 59.7 Å². The van der Waals surface area contributed by atoms with E-state index in [1.807, 2.05) is 12.1 Å². The molecule has 0 aliphatic heterocycles. The fourth-order valence-electron chi connectivity index (χ4n) is 1.82. The van der Waals surface area contributed by atoms with Crippen molar-refractivity contribution in [2.75, 3.05) is 0 Å². The zero-order chi connectivity index (χ0) is 14.5. The highest BCUT2D eigenvalue weighted by molar-refractivity contribution is 6.03. The molecule has 102 valence electrons. The van der Waals surface area contributed by atoms with Crippen LogP contribution in [0.4, 0.5) is 0 Å². The first kappa shape index (κ1) is 13.8. The molecule has 4 nitrogen and oxygen atoms in total. The second-order valence-corrected chi connectivity index (χ2v) is 4.41. The molecule has 2 aromatic rings. The molecule has 0 amide bonds. The summed E-state index contributed by atoms with van der Waals surface area (Å²) in [4.78, 5) is 0. The summed E-state index contributed by atoms with van der Waals surface area (Å²) < 4.78 is 0. The highest BCUT2D eigenvalue weighted by Crippen LogP contribution is 2.18. The standard InChI is InChI=1S/C16H16N2O2/c1-11(13-7-3-5-9-15(13)19)17-18-12(2)14-8-4-6-10-16(14)20/h3-10,19-20H,1-2H3/b17-11-,18-12-. The molecule has 0 saturated heterocycles. The average Bonchev–Trinajstić information content (AvgIpc) is 2.45. The molecule has 2 N–H and O–H groups in total. The van der Waals surface area contributed by atoms with Gasteiger partial charge in [0.25, 0.3) is 0 Å². The highest BCUT2D eigenvalue weighted by Gasteiger charge is 2.05. The van der Waals surface area contributed by atoms with Gasteiger partial charge in [0.05, 0.1) is 11.4 Å². The monoisotopic (exact) mass is 268 g/mol. The summed E-state index contributed by atoms with van der Waals surface area (Å²) in [6.45, 7) is 3.55. The predicted octanol–water partition coefficient (Wildman–Crippen LogP) is 3.33. The summed E-state index contributed by atoms with van der Waals surface area (Å²) in [5.74, 6) is 0.341. The zero-order valence-electron chi connectivity index (χ0n) is 11.4. The van der Waals surface area contributed by atoms with Gasteiger partial charge in [-0.25, -0.2) is 0 Å². The minimum absolute atomic E-state index is 0.171. The Kier molecular flexibility index (Phi) is 4.15. The number of phenolic OH excluding ortho intramolecular Hbond substituents is 2.